The first-order chi connectivity index (χ1) is 13.5. The first-order valence-electron chi connectivity index (χ1n) is 9.34. The minimum atomic E-state index is -0.573. The second kappa shape index (κ2) is 9.43. The molecule has 1 unspecified atom stereocenters. The highest BCUT2D eigenvalue weighted by Crippen LogP contribution is 2.14. The van der Waals surface area contributed by atoms with E-state index in [0.717, 1.165) is 10.5 Å². The number of rotatable bonds is 6. The molecule has 0 spiro atoms. The Bertz CT molecular complexity index is 792. The molecule has 0 saturated carbocycles. The smallest absolute Gasteiger partial charge is 0.287 e. The van der Waals surface area contributed by atoms with Gasteiger partial charge in [0.25, 0.3) is 11.8 Å². The number of morpholine rings is 1. The van der Waals surface area contributed by atoms with Crippen LogP contribution in [0.25, 0.3) is 0 Å². The second-order valence-corrected chi connectivity index (χ2v) is 6.86. The molecule has 148 valence electrons. The van der Waals surface area contributed by atoms with Gasteiger partial charge in [0.1, 0.15) is 5.82 Å². The van der Waals surface area contributed by atoms with Crippen LogP contribution in [0.4, 0.5) is 10.1 Å². The number of ether oxygens (including phenoxy) is 1. The van der Waals surface area contributed by atoms with Crippen molar-refractivity contribution in [2.24, 2.45) is 0 Å². The maximum atomic E-state index is 13.1. The summed E-state index contributed by atoms with van der Waals surface area (Å²) in [7, 11) is 1.83. The molecule has 2 atom stereocenters. The third-order valence-electron chi connectivity index (χ3n) is 4.79. The molecule has 1 fully saturated rings. The molecule has 0 bridgehead atoms. The van der Waals surface area contributed by atoms with Gasteiger partial charge in [0, 0.05) is 24.3 Å². The molecule has 1 aliphatic rings. The molecule has 0 aliphatic carbocycles. The minimum absolute atomic E-state index is 0.00341. The standard InChI is InChI=1S/C21H24FN3O3/c1-24(15-19(26)25-11-13-28-14-12-25)20(16-5-3-2-4-6-16)21(27)23-18-9-7-17(22)8-10-18/h2-10,20H,11-15H2,1H3,(H,23,27)/p+1/t20-/m0/s1. The molecule has 1 heterocycles. The highest BCUT2D eigenvalue weighted by atomic mass is 19.1. The van der Waals surface area contributed by atoms with E-state index in [-0.39, 0.29) is 24.2 Å². The highest BCUT2D eigenvalue weighted by molar-refractivity contribution is 5.94. The monoisotopic (exact) mass is 386 g/mol. The number of anilines is 1. The van der Waals surface area contributed by atoms with Crippen LogP contribution >= 0.6 is 0 Å². The van der Waals surface area contributed by atoms with Crippen molar-refractivity contribution >= 4 is 17.5 Å². The summed E-state index contributed by atoms with van der Waals surface area (Å²) in [6.45, 7) is 2.42. The van der Waals surface area contributed by atoms with Gasteiger partial charge in [-0.2, -0.15) is 0 Å². The molecule has 1 saturated heterocycles. The van der Waals surface area contributed by atoms with Gasteiger partial charge in [-0.1, -0.05) is 30.3 Å². The fourth-order valence-electron chi connectivity index (χ4n) is 3.32. The molecular weight excluding hydrogens is 361 g/mol. The van der Waals surface area contributed by atoms with Gasteiger partial charge in [0.05, 0.1) is 20.3 Å². The quantitative estimate of drug-likeness (QED) is 0.775. The van der Waals surface area contributed by atoms with Crippen LogP contribution in [0, 0.1) is 5.82 Å². The third-order valence-corrected chi connectivity index (χ3v) is 4.79. The zero-order valence-corrected chi connectivity index (χ0v) is 15.9. The van der Waals surface area contributed by atoms with E-state index >= 15 is 0 Å². The number of carbonyl (C=O) groups excluding carboxylic acids is 2. The lowest BCUT2D eigenvalue weighted by Gasteiger charge is -2.29. The van der Waals surface area contributed by atoms with Crippen molar-refractivity contribution in [3.63, 3.8) is 0 Å². The summed E-state index contributed by atoms with van der Waals surface area (Å²) in [5.41, 5.74) is 1.33. The molecule has 2 aromatic carbocycles. The fourth-order valence-corrected chi connectivity index (χ4v) is 3.32. The normalized spacial score (nSPS) is 16.3. The molecule has 2 aromatic rings. The summed E-state index contributed by atoms with van der Waals surface area (Å²) in [5.74, 6) is -0.613. The third kappa shape index (κ3) is 5.15. The van der Waals surface area contributed by atoms with Gasteiger partial charge in [-0.25, -0.2) is 4.39 Å². The van der Waals surface area contributed by atoms with Crippen molar-refractivity contribution in [1.29, 1.82) is 0 Å². The van der Waals surface area contributed by atoms with E-state index in [2.05, 4.69) is 5.32 Å². The molecule has 28 heavy (non-hydrogen) atoms. The van der Waals surface area contributed by atoms with Crippen LogP contribution in [0.1, 0.15) is 11.6 Å². The molecule has 2 amide bonds. The molecule has 3 rings (SSSR count). The summed E-state index contributed by atoms with van der Waals surface area (Å²) in [4.78, 5) is 28.2. The Balaban J connectivity index is 1.75. The predicted octanol–water partition coefficient (Wildman–Crippen LogP) is 0.879. The summed E-state index contributed by atoms with van der Waals surface area (Å²) in [6, 6.07) is 14.4. The van der Waals surface area contributed by atoms with Gasteiger partial charge in [0.2, 0.25) is 0 Å². The number of benzene rings is 2. The fraction of sp³-hybridized carbons (Fsp3) is 0.333. The summed E-state index contributed by atoms with van der Waals surface area (Å²) >= 11 is 0. The van der Waals surface area contributed by atoms with Crippen molar-refractivity contribution in [3.05, 3.63) is 66.0 Å². The molecule has 6 nitrogen and oxygen atoms in total. The van der Waals surface area contributed by atoms with E-state index in [1.165, 1.54) is 24.3 Å². The average Bonchev–Trinajstić information content (AvgIpc) is 2.71. The first-order valence-corrected chi connectivity index (χ1v) is 9.34. The second-order valence-electron chi connectivity index (χ2n) is 6.86. The lowest BCUT2D eigenvalue weighted by atomic mass is 10.0. The van der Waals surface area contributed by atoms with Gasteiger partial charge >= 0.3 is 0 Å². The topological polar surface area (TPSA) is 63.1 Å². The number of halogens is 1. The Labute approximate surface area is 163 Å². The van der Waals surface area contributed by atoms with Crippen LogP contribution < -0.4 is 10.2 Å². The SMILES string of the molecule is C[NH+](CC(=O)N1CCOCC1)[C@H](C(=O)Nc1ccc(F)cc1)c1ccccc1. The van der Waals surface area contributed by atoms with Crippen molar-refractivity contribution in [2.75, 3.05) is 45.2 Å². The van der Waals surface area contributed by atoms with Gasteiger partial charge < -0.3 is 19.9 Å². The number of quaternary nitrogens is 1. The summed E-state index contributed by atoms with van der Waals surface area (Å²) in [6.07, 6.45) is 0. The summed E-state index contributed by atoms with van der Waals surface area (Å²) in [5, 5.41) is 2.83. The van der Waals surface area contributed by atoms with Gasteiger partial charge in [-0.05, 0) is 24.3 Å². The highest BCUT2D eigenvalue weighted by Gasteiger charge is 2.32. The lowest BCUT2D eigenvalue weighted by Crippen LogP contribution is -3.11. The number of likely N-dealkylation sites (N-methyl/N-ethyl adjacent to an activating group) is 1. The van der Waals surface area contributed by atoms with Gasteiger partial charge in [-0.15, -0.1) is 0 Å². The number of hydrogen-bond donors (Lipinski definition) is 2. The Hall–Kier alpha value is -2.77. The van der Waals surface area contributed by atoms with E-state index in [1.807, 2.05) is 37.4 Å². The van der Waals surface area contributed by atoms with Crippen LogP contribution in [0.15, 0.2) is 54.6 Å². The summed E-state index contributed by atoms with van der Waals surface area (Å²) < 4.78 is 18.4. The Morgan fingerprint density at radius 2 is 1.75 bits per heavy atom. The largest absolute Gasteiger partial charge is 0.378 e. The molecule has 0 radical (unpaired) electrons. The minimum Gasteiger partial charge on any atom is -0.378 e. The van der Waals surface area contributed by atoms with Gasteiger partial charge in [0.15, 0.2) is 12.6 Å². The zero-order chi connectivity index (χ0) is 19.9. The molecular formula is C21H25FN3O3+. The van der Waals surface area contributed by atoms with E-state index in [0.29, 0.717) is 32.0 Å². The van der Waals surface area contributed by atoms with E-state index in [9.17, 15) is 14.0 Å². The van der Waals surface area contributed by atoms with Crippen molar-refractivity contribution in [1.82, 2.24) is 4.90 Å². The predicted molar refractivity (Wildman–Crippen MR) is 103 cm³/mol. The number of hydrogen-bond acceptors (Lipinski definition) is 3. The number of nitrogens with one attached hydrogen (secondary N) is 2. The first kappa shape index (κ1) is 20.0. The maximum Gasteiger partial charge on any atom is 0.287 e. The van der Waals surface area contributed by atoms with Crippen molar-refractivity contribution < 1.29 is 23.6 Å². The van der Waals surface area contributed by atoms with Crippen LogP contribution in [0.5, 0.6) is 0 Å². The van der Waals surface area contributed by atoms with Crippen molar-refractivity contribution in [3.8, 4) is 0 Å². The van der Waals surface area contributed by atoms with E-state index < -0.39 is 6.04 Å². The van der Waals surface area contributed by atoms with Crippen LogP contribution in [-0.2, 0) is 14.3 Å². The Kier molecular flexibility index (Phi) is 6.73. The number of carbonyl (C=O) groups is 2. The van der Waals surface area contributed by atoms with Crippen LogP contribution in [0.3, 0.4) is 0 Å². The molecule has 7 heteroatoms. The van der Waals surface area contributed by atoms with Gasteiger partial charge in [-0.3, -0.25) is 9.59 Å². The maximum absolute atomic E-state index is 13.1. The molecule has 2 N–H and O–H groups in total. The average molecular weight is 386 g/mol. The molecule has 0 aromatic heterocycles. The molecule has 1 aliphatic heterocycles. The van der Waals surface area contributed by atoms with Crippen molar-refractivity contribution in [2.45, 2.75) is 6.04 Å². The lowest BCUT2D eigenvalue weighted by molar-refractivity contribution is -0.894. The zero-order valence-electron chi connectivity index (χ0n) is 15.9. The Morgan fingerprint density at radius 1 is 1.11 bits per heavy atom. The van der Waals surface area contributed by atoms with E-state index in [4.69, 9.17) is 4.74 Å². The van der Waals surface area contributed by atoms with E-state index in [1.54, 1.807) is 4.90 Å². The number of amides is 2. The van der Waals surface area contributed by atoms with Crippen LogP contribution in [0.2, 0.25) is 0 Å². The Morgan fingerprint density at radius 3 is 2.39 bits per heavy atom. The van der Waals surface area contributed by atoms with Crippen LogP contribution in [-0.4, -0.2) is 56.6 Å². The number of nitrogens with zero attached hydrogens (tertiary/aromatic N) is 1.